The average Bonchev–Trinajstić information content (AvgIpc) is 2.28. The van der Waals surface area contributed by atoms with Gasteiger partial charge in [0.05, 0.1) is 0 Å². The van der Waals surface area contributed by atoms with Gasteiger partial charge in [0.25, 0.3) is 0 Å². The molecule has 0 bridgehead atoms. The Morgan fingerprint density at radius 1 is 1.38 bits per heavy atom. The van der Waals surface area contributed by atoms with Gasteiger partial charge >= 0.3 is 0 Å². The molecule has 1 aliphatic heterocycles. The first kappa shape index (κ1) is 13.9. The van der Waals surface area contributed by atoms with E-state index in [4.69, 9.17) is 4.74 Å². The van der Waals surface area contributed by atoms with Crippen LogP contribution in [0, 0.1) is 11.8 Å². The van der Waals surface area contributed by atoms with E-state index in [1.54, 1.807) is 7.11 Å². The summed E-state index contributed by atoms with van der Waals surface area (Å²) in [6.45, 7) is 11.4. The van der Waals surface area contributed by atoms with E-state index in [0.29, 0.717) is 5.92 Å². The van der Waals surface area contributed by atoms with Crippen molar-refractivity contribution in [3.8, 4) is 0 Å². The number of likely N-dealkylation sites (tertiary alicyclic amines) is 1. The molecule has 1 fully saturated rings. The first-order valence-corrected chi connectivity index (χ1v) is 6.68. The largest absolute Gasteiger partial charge is 0.384 e. The average molecular weight is 228 g/mol. The van der Waals surface area contributed by atoms with Gasteiger partial charge in [-0.05, 0) is 50.9 Å². The van der Waals surface area contributed by atoms with Gasteiger partial charge in [0.15, 0.2) is 0 Å². The van der Waals surface area contributed by atoms with Crippen LogP contribution in [0.1, 0.15) is 26.7 Å². The van der Waals surface area contributed by atoms with Gasteiger partial charge in [-0.25, -0.2) is 0 Å². The zero-order chi connectivity index (χ0) is 11.8. The van der Waals surface area contributed by atoms with Gasteiger partial charge < -0.3 is 15.0 Å². The Bertz CT molecular complexity index is 167. The fraction of sp³-hybridized carbons (Fsp3) is 1.00. The third-order valence-electron chi connectivity index (χ3n) is 3.41. The second-order valence-corrected chi connectivity index (χ2v) is 5.11. The van der Waals surface area contributed by atoms with Gasteiger partial charge in [-0.15, -0.1) is 0 Å². The molecule has 96 valence electrons. The highest BCUT2D eigenvalue weighted by molar-refractivity contribution is 4.74. The Balaban J connectivity index is 2.11. The summed E-state index contributed by atoms with van der Waals surface area (Å²) in [7, 11) is 1.79. The lowest BCUT2D eigenvalue weighted by Crippen LogP contribution is -2.39. The molecule has 1 rings (SSSR count). The second-order valence-electron chi connectivity index (χ2n) is 5.11. The highest BCUT2D eigenvalue weighted by Crippen LogP contribution is 2.17. The van der Waals surface area contributed by atoms with Gasteiger partial charge in [-0.3, -0.25) is 0 Å². The molecule has 16 heavy (non-hydrogen) atoms. The van der Waals surface area contributed by atoms with E-state index in [9.17, 15) is 0 Å². The minimum atomic E-state index is 0.662. The normalized spacial score (nSPS) is 21.2. The molecular formula is C13H28N2O. The van der Waals surface area contributed by atoms with Gasteiger partial charge in [0.2, 0.25) is 0 Å². The van der Waals surface area contributed by atoms with Crippen molar-refractivity contribution in [2.75, 3.05) is 46.4 Å². The Kier molecular flexibility index (Phi) is 7.01. The predicted molar refractivity (Wildman–Crippen MR) is 68.7 cm³/mol. The van der Waals surface area contributed by atoms with Crippen molar-refractivity contribution in [1.82, 2.24) is 10.2 Å². The highest BCUT2D eigenvalue weighted by Gasteiger charge is 2.19. The molecule has 1 aliphatic rings. The van der Waals surface area contributed by atoms with Crippen molar-refractivity contribution in [3.63, 3.8) is 0 Å². The number of methoxy groups -OCH3 is 1. The topological polar surface area (TPSA) is 24.5 Å². The van der Waals surface area contributed by atoms with Gasteiger partial charge in [0, 0.05) is 20.3 Å². The smallest absolute Gasteiger partial charge is 0.0500 e. The summed E-state index contributed by atoms with van der Waals surface area (Å²) in [4.78, 5) is 2.59. The number of rotatable bonds is 7. The molecule has 0 aromatic heterocycles. The molecule has 0 saturated carbocycles. The first-order chi connectivity index (χ1) is 7.76. The van der Waals surface area contributed by atoms with Gasteiger partial charge in [-0.2, -0.15) is 0 Å². The maximum atomic E-state index is 5.18. The van der Waals surface area contributed by atoms with E-state index >= 15 is 0 Å². The summed E-state index contributed by atoms with van der Waals surface area (Å²) in [6.07, 6.45) is 2.71. The van der Waals surface area contributed by atoms with Crippen LogP contribution in [-0.4, -0.2) is 51.3 Å². The number of hydrogen-bond acceptors (Lipinski definition) is 3. The molecule has 1 unspecified atom stereocenters. The van der Waals surface area contributed by atoms with E-state index in [0.717, 1.165) is 19.1 Å². The Labute approximate surface area is 101 Å². The molecule has 0 amide bonds. The predicted octanol–water partition coefficient (Wildman–Crippen LogP) is 1.59. The standard InChI is InChI=1S/C13H28N2O/c1-4-14-9-13-5-7-15(8-6-13)10-12(2)11-16-3/h12-14H,4-11H2,1-3H3. The van der Waals surface area contributed by atoms with Crippen molar-refractivity contribution < 1.29 is 4.74 Å². The van der Waals surface area contributed by atoms with Crippen LogP contribution in [0.15, 0.2) is 0 Å². The molecule has 3 heteroatoms. The molecule has 0 aromatic rings. The molecule has 0 aromatic carbocycles. The van der Waals surface area contributed by atoms with E-state index in [2.05, 4.69) is 24.1 Å². The Morgan fingerprint density at radius 2 is 2.06 bits per heavy atom. The Morgan fingerprint density at radius 3 is 2.62 bits per heavy atom. The maximum absolute atomic E-state index is 5.18. The van der Waals surface area contributed by atoms with Crippen LogP contribution in [-0.2, 0) is 4.74 Å². The quantitative estimate of drug-likeness (QED) is 0.716. The summed E-state index contributed by atoms with van der Waals surface area (Å²) in [5, 5.41) is 3.46. The van der Waals surface area contributed by atoms with Crippen molar-refractivity contribution in [2.24, 2.45) is 11.8 Å². The van der Waals surface area contributed by atoms with Crippen molar-refractivity contribution >= 4 is 0 Å². The minimum absolute atomic E-state index is 0.662. The van der Waals surface area contributed by atoms with E-state index in [-0.39, 0.29) is 0 Å². The van der Waals surface area contributed by atoms with Crippen LogP contribution in [0.4, 0.5) is 0 Å². The van der Waals surface area contributed by atoms with Crippen LogP contribution >= 0.6 is 0 Å². The SMILES string of the molecule is CCNCC1CCN(CC(C)COC)CC1. The van der Waals surface area contributed by atoms with Gasteiger partial charge in [-0.1, -0.05) is 13.8 Å². The molecule has 1 N–H and O–H groups in total. The Hall–Kier alpha value is -0.120. The lowest BCUT2D eigenvalue weighted by molar-refractivity contribution is 0.110. The monoisotopic (exact) mass is 228 g/mol. The molecule has 0 spiro atoms. The van der Waals surface area contributed by atoms with Crippen LogP contribution in [0.3, 0.4) is 0 Å². The number of hydrogen-bond donors (Lipinski definition) is 1. The highest BCUT2D eigenvalue weighted by atomic mass is 16.5. The van der Waals surface area contributed by atoms with E-state index < -0.39 is 0 Å². The van der Waals surface area contributed by atoms with Crippen molar-refractivity contribution in [3.05, 3.63) is 0 Å². The number of ether oxygens (including phenoxy) is 1. The maximum Gasteiger partial charge on any atom is 0.0500 e. The molecule has 3 nitrogen and oxygen atoms in total. The summed E-state index contributed by atoms with van der Waals surface area (Å²) < 4.78 is 5.18. The van der Waals surface area contributed by atoms with E-state index in [1.807, 2.05) is 0 Å². The fourth-order valence-electron chi connectivity index (χ4n) is 2.50. The molecular weight excluding hydrogens is 200 g/mol. The van der Waals surface area contributed by atoms with Crippen molar-refractivity contribution in [1.29, 1.82) is 0 Å². The van der Waals surface area contributed by atoms with Crippen LogP contribution in [0.2, 0.25) is 0 Å². The van der Waals surface area contributed by atoms with Crippen LogP contribution in [0.5, 0.6) is 0 Å². The van der Waals surface area contributed by atoms with E-state index in [1.165, 1.54) is 39.0 Å². The summed E-state index contributed by atoms with van der Waals surface area (Å²) >= 11 is 0. The molecule has 1 saturated heterocycles. The number of piperidine rings is 1. The molecule has 1 atom stereocenters. The first-order valence-electron chi connectivity index (χ1n) is 6.68. The summed E-state index contributed by atoms with van der Waals surface area (Å²) in [5.41, 5.74) is 0. The number of nitrogens with one attached hydrogen (secondary N) is 1. The fourth-order valence-corrected chi connectivity index (χ4v) is 2.50. The van der Waals surface area contributed by atoms with Gasteiger partial charge in [0.1, 0.15) is 0 Å². The number of nitrogens with zero attached hydrogens (tertiary/aromatic N) is 1. The lowest BCUT2D eigenvalue weighted by atomic mass is 9.96. The van der Waals surface area contributed by atoms with Crippen molar-refractivity contribution in [2.45, 2.75) is 26.7 Å². The summed E-state index contributed by atoms with van der Waals surface area (Å²) in [6, 6.07) is 0. The third-order valence-corrected chi connectivity index (χ3v) is 3.41. The third kappa shape index (κ3) is 5.28. The second kappa shape index (κ2) is 8.04. The zero-order valence-electron chi connectivity index (χ0n) is 11.2. The lowest BCUT2D eigenvalue weighted by Gasteiger charge is -2.33. The van der Waals surface area contributed by atoms with Crippen LogP contribution in [0.25, 0.3) is 0 Å². The molecule has 0 radical (unpaired) electrons. The molecule has 1 heterocycles. The zero-order valence-corrected chi connectivity index (χ0v) is 11.2. The minimum Gasteiger partial charge on any atom is -0.384 e. The molecule has 0 aliphatic carbocycles. The summed E-state index contributed by atoms with van der Waals surface area (Å²) in [5.74, 6) is 1.56. The van der Waals surface area contributed by atoms with Crippen LogP contribution < -0.4 is 5.32 Å².